The number of aryl methyl sites for hydroxylation is 1. The van der Waals surface area contributed by atoms with E-state index in [0.29, 0.717) is 29.5 Å². The predicted octanol–water partition coefficient (Wildman–Crippen LogP) is 3.02. The maximum absolute atomic E-state index is 12.1. The van der Waals surface area contributed by atoms with Gasteiger partial charge in [0.1, 0.15) is 0 Å². The molecule has 2 rings (SSSR count). The summed E-state index contributed by atoms with van der Waals surface area (Å²) in [6.45, 7) is 5.62. The summed E-state index contributed by atoms with van der Waals surface area (Å²) in [6.07, 6.45) is 1.97. The fourth-order valence-corrected chi connectivity index (χ4v) is 4.14. The van der Waals surface area contributed by atoms with Gasteiger partial charge in [0.15, 0.2) is 15.8 Å². The topological polar surface area (TPSA) is 90.9 Å². The van der Waals surface area contributed by atoms with Crippen LogP contribution < -0.4 is 10.6 Å². The molecule has 0 radical (unpaired) electrons. The third-order valence-corrected chi connectivity index (χ3v) is 5.95. The molecule has 0 aromatic heterocycles. The first-order chi connectivity index (χ1) is 14.6. The second kappa shape index (κ2) is 12.8. The van der Waals surface area contributed by atoms with Crippen LogP contribution in [0.5, 0.6) is 0 Å². The highest BCUT2D eigenvalue weighted by Crippen LogP contribution is 2.17. The Balaban J connectivity index is 0.00000512. The molecule has 2 aromatic carbocycles. The van der Waals surface area contributed by atoms with Crippen LogP contribution in [0.25, 0.3) is 0 Å². The van der Waals surface area contributed by atoms with Crippen molar-refractivity contribution in [2.24, 2.45) is 4.99 Å². The van der Waals surface area contributed by atoms with Gasteiger partial charge in [0.25, 0.3) is 5.91 Å². The van der Waals surface area contributed by atoms with E-state index in [1.807, 2.05) is 37.3 Å². The van der Waals surface area contributed by atoms with E-state index in [1.54, 1.807) is 38.1 Å². The van der Waals surface area contributed by atoms with E-state index >= 15 is 0 Å². The summed E-state index contributed by atoms with van der Waals surface area (Å²) in [5, 5.41) is 6.52. The van der Waals surface area contributed by atoms with Crippen molar-refractivity contribution in [1.29, 1.82) is 0 Å². The van der Waals surface area contributed by atoms with Crippen LogP contribution in [0.15, 0.2) is 52.4 Å². The number of aliphatic imine (C=N–C) groups is 1. The summed E-state index contributed by atoms with van der Waals surface area (Å²) < 4.78 is 23.5. The quantitative estimate of drug-likeness (QED) is 0.289. The van der Waals surface area contributed by atoms with Crippen LogP contribution in [0.2, 0.25) is 0 Å². The van der Waals surface area contributed by atoms with Crippen LogP contribution in [0.4, 0.5) is 0 Å². The first-order valence-corrected chi connectivity index (χ1v) is 12.1. The number of amides is 1. The summed E-state index contributed by atoms with van der Waals surface area (Å²) in [4.78, 5) is 18.6. The highest BCUT2D eigenvalue weighted by atomic mass is 127. The summed E-state index contributed by atoms with van der Waals surface area (Å²) in [7, 11) is 0.258. The third kappa shape index (κ3) is 8.42. The lowest BCUT2D eigenvalue weighted by molar-refractivity contribution is 0.0827. The lowest BCUT2D eigenvalue weighted by Gasteiger charge is -2.13. The molecule has 0 fully saturated rings. The molecule has 2 N–H and O–H groups in total. The van der Waals surface area contributed by atoms with Crippen LogP contribution in [-0.4, -0.2) is 58.6 Å². The Morgan fingerprint density at radius 1 is 1.06 bits per heavy atom. The smallest absolute Gasteiger partial charge is 0.253 e. The molecule has 0 atom stereocenters. The van der Waals surface area contributed by atoms with Gasteiger partial charge in [0.2, 0.25) is 0 Å². The largest absolute Gasteiger partial charge is 0.357 e. The highest BCUT2D eigenvalue weighted by molar-refractivity contribution is 14.0. The molecule has 32 heavy (non-hydrogen) atoms. The van der Waals surface area contributed by atoms with E-state index in [9.17, 15) is 13.2 Å². The Kier molecular flexibility index (Phi) is 11.1. The zero-order valence-electron chi connectivity index (χ0n) is 19.3. The predicted molar refractivity (Wildman–Crippen MR) is 141 cm³/mol. The number of hydrogen-bond donors (Lipinski definition) is 2. The number of nitrogens with one attached hydrogen (secondary N) is 2. The standard InChI is InChI=1S/C23H32N4O3S.HI/c1-6-24-23(26-16-19-10-11-21(17(2)14-19)31(5,29)30)25-13-12-18-8-7-9-20(15-18)22(28)27(3)4;/h7-11,14-15H,6,12-13,16H2,1-5H3,(H2,24,25,26);1H. The number of guanidine groups is 1. The van der Waals surface area contributed by atoms with Gasteiger partial charge in [-0.05, 0) is 55.2 Å². The van der Waals surface area contributed by atoms with Crippen molar-refractivity contribution in [3.63, 3.8) is 0 Å². The van der Waals surface area contributed by atoms with Crippen molar-refractivity contribution < 1.29 is 13.2 Å². The molecule has 0 bridgehead atoms. The van der Waals surface area contributed by atoms with Gasteiger partial charge in [-0.15, -0.1) is 24.0 Å². The minimum Gasteiger partial charge on any atom is -0.357 e. The van der Waals surface area contributed by atoms with Gasteiger partial charge >= 0.3 is 0 Å². The third-order valence-electron chi connectivity index (χ3n) is 4.69. The van der Waals surface area contributed by atoms with Gasteiger partial charge in [-0.2, -0.15) is 0 Å². The molecular weight excluding hydrogens is 539 g/mol. The average molecular weight is 573 g/mol. The number of carbonyl (C=O) groups excluding carboxylic acids is 1. The Labute approximate surface area is 208 Å². The van der Waals surface area contributed by atoms with Crippen molar-refractivity contribution in [3.8, 4) is 0 Å². The first-order valence-electron chi connectivity index (χ1n) is 10.2. The van der Waals surface area contributed by atoms with Crippen LogP contribution in [0.1, 0.15) is 34.0 Å². The number of carbonyl (C=O) groups is 1. The number of rotatable bonds is 8. The molecule has 9 heteroatoms. The molecule has 0 spiro atoms. The molecule has 176 valence electrons. The van der Waals surface area contributed by atoms with Crippen molar-refractivity contribution >= 4 is 45.7 Å². The minimum absolute atomic E-state index is 0. The molecule has 0 aliphatic carbocycles. The van der Waals surface area contributed by atoms with E-state index in [2.05, 4.69) is 15.6 Å². The zero-order valence-corrected chi connectivity index (χ0v) is 22.5. The van der Waals surface area contributed by atoms with Gasteiger partial charge in [-0.25, -0.2) is 13.4 Å². The van der Waals surface area contributed by atoms with Crippen molar-refractivity contribution in [1.82, 2.24) is 15.5 Å². The van der Waals surface area contributed by atoms with Gasteiger partial charge < -0.3 is 15.5 Å². The van der Waals surface area contributed by atoms with Gasteiger partial charge in [-0.3, -0.25) is 4.79 Å². The second-order valence-corrected chi connectivity index (χ2v) is 9.63. The molecule has 0 heterocycles. The SMILES string of the molecule is CCNC(=NCc1ccc(S(C)(=O)=O)c(C)c1)NCCc1cccc(C(=O)N(C)C)c1.I. The molecule has 1 amide bonds. The minimum atomic E-state index is -3.23. The van der Waals surface area contributed by atoms with E-state index in [-0.39, 0.29) is 29.9 Å². The number of sulfone groups is 1. The fourth-order valence-electron chi connectivity index (χ4n) is 3.18. The maximum atomic E-state index is 12.1. The number of hydrogen-bond acceptors (Lipinski definition) is 4. The summed E-state index contributed by atoms with van der Waals surface area (Å²) >= 11 is 0. The maximum Gasteiger partial charge on any atom is 0.253 e. The number of halogens is 1. The molecule has 0 unspecified atom stereocenters. The molecular formula is C23H33IN4O3S. The molecule has 7 nitrogen and oxygen atoms in total. The Morgan fingerprint density at radius 2 is 1.78 bits per heavy atom. The van der Waals surface area contributed by atoms with Crippen LogP contribution >= 0.6 is 24.0 Å². The molecule has 0 aliphatic heterocycles. The molecule has 2 aromatic rings. The summed E-state index contributed by atoms with van der Waals surface area (Å²) in [5.74, 6) is 0.676. The zero-order chi connectivity index (χ0) is 23.0. The molecule has 0 aliphatic rings. The average Bonchev–Trinajstić information content (AvgIpc) is 2.70. The van der Waals surface area contributed by atoms with Crippen molar-refractivity contribution in [3.05, 3.63) is 64.7 Å². The normalized spacial score (nSPS) is 11.5. The van der Waals surface area contributed by atoms with Gasteiger partial charge in [-0.1, -0.05) is 24.3 Å². The second-order valence-electron chi connectivity index (χ2n) is 7.64. The Hall–Kier alpha value is -2.14. The Morgan fingerprint density at radius 3 is 2.38 bits per heavy atom. The van der Waals surface area contributed by atoms with Crippen molar-refractivity contribution in [2.75, 3.05) is 33.4 Å². The van der Waals surface area contributed by atoms with Crippen LogP contribution in [0.3, 0.4) is 0 Å². The highest BCUT2D eigenvalue weighted by Gasteiger charge is 2.11. The fraction of sp³-hybridized carbons (Fsp3) is 0.391. The Bertz CT molecular complexity index is 1050. The van der Waals surface area contributed by atoms with Gasteiger partial charge in [0.05, 0.1) is 11.4 Å². The lowest BCUT2D eigenvalue weighted by atomic mass is 10.1. The monoisotopic (exact) mass is 572 g/mol. The van der Waals surface area contributed by atoms with Crippen molar-refractivity contribution in [2.45, 2.75) is 31.7 Å². The lowest BCUT2D eigenvalue weighted by Crippen LogP contribution is -2.38. The van der Waals surface area contributed by atoms with Gasteiger partial charge in [0, 0.05) is 39.0 Å². The van der Waals surface area contributed by atoms with Crippen LogP contribution in [0, 0.1) is 6.92 Å². The van der Waals surface area contributed by atoms with E-state index < -0.39 is 9.84 Å². The first kappa shape index (κ1) is 27.9. The van der Waals surface area contributed by atoms with E-state index in [4.69, 9.17) is 0 Å². The van der Waals surface area contributed by atoms with E-state index in [1.165, 1.54) is 6.26 Å². The number of nitrogens with zero attached hydrogens (tertiary/aromatic N) is 2. The van der Waals surface area contributed by atoms with E-state index in [0.717, 1.165) is 29.7 Å². The number of benzene rings is 2. The summed E-state index contributed by atoms with van der Waals surface area (Å²) in [6, 6.07) is 12.9. The molecule has 0 saturated carbocycles. The molecule has 0 saturated heterocycles. The summed E-state index contributed by atoms with van der Waals surface area (Å²) in [5.41, 5.74) is 3.41. The van der Waals surface area contributed by atoms with Crippen LogP contribution in [-0.2, 0) is 22.8 Å².